The minimum Gasteiger partial charge on any atom is -0.379 e. The van der Waals surface area contributed by atoms with E-state index in [0.717, 1.165) is 39.8 Å². The molecule has 0 heterocycles. The van der Waals surface area contributed by atoms with Gasteiger partial charge in [-0.3, -0.25) is 4.79 Å². The summed E-state index contributed by atoms with van der Waals surface area (Å²) in [7, 11) is 0. The zero-order chi connectivity index (χ0) is 22.1. The normalized spacial score (nSPS) is 15.4. The van der Waals surface area contributed by atoms with E-state index >= 15 is 0 Å². The molecule has 0 aromatic heterocycles. The first-order valence-corrected chi connectivity index (χ1v) is 10.8. The number of nitrogens with one attached hydrogen (secondary N) is 1. The number of aliphatic hydroxyl groups is 1. The third-order valence-electron chi connectivity index (χ3n) is 4.94. The summed E-state index contributed by atoms with van der Waals surface area (Å²) < 4.78 is 39.3. The molecule has 1 amide bonds. The molecule has 30 heavy (non-hydrogen) atoms. The van der Waals surface area contributed by atoms with Gasteiger partial charge in [0.15, 0.2) is 0 Å². The summed E-state index contributed by atoms with van der Waals surface area (Å²) in [4.78, 5) is 14.4. The van der Waals surface area contributed by atoms with Crippen LogP contribution in [0.5, 0.6) is 0 Å². The summed E-state index contributed by atoms with van der Waals surface area (Å²) >= 11 is 5.82. The van der Waals surface area contributed by atoms with Gasteiger partial charge in [-0.05, 0) is 67.6 Å². The SMILES string of the molecule is Cc1ccc(NC(=O)C(C)(O)CSc2ccc(S)c3c2C=CCC3)cc1C(F)(F)F. The van der Waals surface area contributed by atoms with E-state index in [1.807, 2.05) is 18.2 Å². The number of halogens is 3. The van der Waals surface area contributed by atoms with Crippen molar-refractivity contribution in [3.63, 3.8) is 0 Å². The fraction of sp³-hybridized carbons (Fsp3) is 0.318. The summed E-state index contributed by atoms with van der Waals surface area (Å²) in [6, 6.07) is 7.34. The van der Waals surface area contributed by atoms with Crippen LogP contribution < -0.4 is 5.32 Å². The number of carbonyl (C=O) groups is 1. The van der Waals surface area contributed by atoms with Gasteiger partial charge in [0, 0.05) is 21.2 Å². The van der Waals surface area contributed by atoms with Crippen molar-refractivity contribution in [1.82, 2.24) is 0 Å². The second-order valence-electron chi connectivity index (χ2n) is 7.46. The predicted molar refractivity (Wildman–Crippen MR) is 117 cm³/mol. The molecule has 1 atom stereocenters. The van der Waals surface area contributed by atoms with Crippen molar-refractivity contribution >= 4 is 42.1 Å². The number of hydrogen-bond donors (Lipinski definition) is 3. The van der Waals surface area contributed by atoms with Gasteiger partial charge >= 0.3 is 6.18 Å². The highest BCUT2D eigenvalue weighted by molar-refractivity contribution is 7.99. The third kappa shape index (κ3) is 5.04. The van der Waals surface area contributed by atoms with Crippen molar-refractivity contribution in [3.05, 3.63) is 58.7 Å². The summed E-state index contributed by atoms with van der Waals surface area (Å²) in [6.45, 7) is 2.70. The molecule has 0 radical (unpaired) electrons. The Morgan fingerprint density at radius 2 is 2.00 bits per heavy atom. The number of amides is 1. The zero-order valence-electron chi connectivity index (χ0n) is 16.5. The van der Waals surface area contributed by atoms with Crippen molar-refractivity contribution in [3.8, 4) is 0 Å². The predicted octanol–water partition coefficient (Wildman–Crippen LogP) is 5.74. The lowest BCUT2D eigenvalue weighted by atomic mass is 9.97. The van der Waals surface area contributed by atoms with E-state index in [0.29, 0.717) is 0 Å². The van der Waals surface area contributed by atoms with Crippen LogP contribution in [0.3, 0.4) is 0 Å². The largest absolute Gasteiger partial charge is 0.416 e. The quantitative estimate of drug-likeness (QED) is 0.400. The van der Waals surface area contributed by atoms with Crippen LogP contribution in [0.25, 0.3) is 6.08 Å². The first-order chi connectivity index (χ1) is 14.0. The van der Waals surface area contributed by atoms with E-state index < -0.39 is 23.2 Å². The van der Waals surface area contributed by atoms with Gasteiger partial charge in [0.05, 0.1) is 5.56 Å². The van der Waals surface area contributed by atoms with Crippen LogP contribution in [0.4, 0.5) is 18.9 Å². The van der Waals surface area contributed by atoms with Crippen LogP contribution >= 0.6 is 24.4 Å². The molecule has 1 aliphatic carbocycles. The molecule has 0 fully saturated rings. The summed E-state index contributed by atoms with van der Waals surface area (Å²) in [6.07, 6.45) is 1.38. The number of carbonyl (C=O) groups excluding carboxylic acids is 1. The van der Waals surface area contributed by atoms with Gasteiger partial charge in [-0.25, -0.2) is 0 Å². The Bertz CT molecular complexity index is 1000. The molecule has 0 spiro atoms. The number of hydrogen-bond acceptors (Lipinski definition) is 4. The molecule has 3 rings (SSSR count). The molecule has 2 aromatic rings. The van der Waals surface area contributed by atoms with E-state index in [1.54, 1.807) is 0 Å². The fourth-order valence-electron chi connectivity index (χ4n) is 3.19. The Kier molecular flexibility index (Phi) is 6.60. The Hall–Kier alpha value is -1.90. The molecule has 3 nitrogen and oxygen atoms in total. The average Bonchev–Trinajstić information content (AvgIpc) is 2.68. The van der Waals surface area contributed by atoms with E-state index in [1.165, 1.54) is 37.7 Å². The molecule has 2 N–H and O–H groups in total. The number of anilines is 1. The highest BCUT2D eigenvalue weighted by Crippen LogP contribution is 2.36. The van der Waals surface area contributed by atoms with Crippen LogP contribution in [-0.4, -0.2) is 22.4 Å². The lowest BCUT2D eigenvalue weighted by Gasteiger charge is -2.24. The lowest BCUT2D eigenvalue weighted by molar-refractivity contribution is -0.138. The van der Waals surface area contributed by atoms with Crippen molar-refractivity contribution in [2.45, 2.75) is 48.3 Å². The summed E-state index contributed by atoms with van der Waals surface area (Å²) in [5.74, 6) is -0.717. The second kappa shape index (κ2) is 8.69. The van der Waals surface area contributed by atoms with Gasteiger partial charge in [0.2, 0.25) is 0 Å². The molecule has 0 bridgehead atoms. The molecular weight excluding hydrogens is 431 g/mol. The van der Waals surface area contributed by atoms with Crippen molar-refractivity contribution < 1.29 is 23.1 Å². The standard InChI is InChI=1S/C22H22F3NO2S2/c1-13-7-8-14(11-17(13)22(23,24)25)26-20(27)21(2,28)12-30-19-10-9-18(29)15-5-3-4-6-16(15)19/h4,6-11,28-29H,3,5,12H2,1-2H3,(H,26,27). The third-order valence-corrected chi connectivity index (χ3v) is 6.73. The van der Waals surface area contributed by atoms with E-state index in [-0.39, 0.29) is 17.0 Å². The number of allylic oxidation sites excluding steroid dienone is 1. The number of rotatable bonds is 5. The molecule has 1 unspecified atom stereocenters. The number of aryl methyl sites for hydroxylation is 1. The number of thioether (sulfide) groups is 1. The monoisotopic (exact) mass is 453 g/mol. The lowest BCUT2D eigenvalue weighted by Crippen LogP contribution is -2.42. The van der Waals surface area contributed by atoms with Crippen LogP contribution in [0.15, 0.2) is 46.2 Å². The molecule has 0 saturated heterocycles. The molecule has 2 aromatic carbocycles. The summed E-state index contributed by atoms with van der Waals surface area (Å²) in [5, 5.41) is 13.1. The maximum absolute atomic E-state index is 13.1. The summed E-state index contributed by atoms with van der Waals surface area (Å²) in [5.41, 5.74) is -0.382. The van der Waals surface area contributed by atoms with Crippen molar-refractivity contribution in [2.75, 3.05) is 11.1 Å². The van der Waals surface area contributed by atoms with E-state index in [9.17, 15) is 23.1 Å². The number of fused-ring (bicyclic) bond motifs is 1. The molecule has 160 valence electrons. The first-order valence-electron chi connectivity index (χ1n) is 9.35. The molecule has 0 saturated carbocycles. The number of benzene rings is 2. The zero-order valence-corrected chi connectivity index (χ0v) is 18.2. The molecule has 8 heteroatoms. The first kappa shape index (κ1) is 22.8. The minimum atomic E-state index is -4.52. The minimum absolute atomic E-state index is 0.0112. The average molecular weight is 454 g/mol. The highest BCUT2D eigenvalue weighted by atomic mass is 32.2. The Morgan fingerprint density at radius 1 is 1.27 bits per heavy atom. The molecular formula is C22H22F3NO2S2. The van der Waals surface area contributed by atoms with Crippen molar-refractivity contribution in [2.24, 2.45) is 0 Å². The van der Waals surface area contributed by atoms with Gasteiger partial charge in [0.1, 0.15) is 5.60 Å². The van der Waals surface area contributed by atoms with Gasteiger partial charge < -0.3 is 10.4 Å². The Balaban J connectivity index is 1.73. The Labute approximate surface area is 183 Å². The van der Waals surface area contributed by atoms with Gasteiger partial charge in [-0.1, -0.05) is 18.2 Å². The smallest absolute Gasteiger partial charge is 0.379 e. The number of alkyl halides is 3. The van der Waals surface area contributed by atoms with Crippen molar-refractivity contribution in [1.29, 1.82) is 0 Å². The van der Waals surface area contributed by atoms with Gasteiger partial charge in [-0.15, -0.1) is 24.4 Å². The fourth-order valence-corrected chi connectivity index (χ4v) is 4.57. The van der Waals surface area contributed by atoms with Gasteiger partial charge in [-0.2, -0.15) is 13.2 Å². The van der Waals surface area contributed by atoms with Crippen LogP contribution in [-0.2, 0) is 17.4 Å². The van der Waals surface area contributed by atoms with Crippen LogP contribution in [0.2, 0.25) is 0 Å². The maximum atomic E-state index is 13.1. The van der Waals surface area contributed by atoms with E-state index in [2.05, 4.69) is 24.0 Å². The molecule has 0 aliphatic heterocycles. The second-order valence-corrected chi connectivity index (χ2v) is 8.96. The van der Waals surface area contributed by atoms with E-state index in [4.69, 9.17) is 0 Å². The molecule has 1 aliphatic rings. The number of thiol groups is 1. The highest BCUT2D eigenvalue weighted by Gasteiger charge is 2.34. The maximum Gasteiger partial charge on any atom is 0.416 e. The Morgan fingerprint density at radius 3 is 2.70 bits per heavy atom. The topological polar surface area (TPSA) is 49.3 Å². The van der Waals surface area contributed by atoms with Crippen LogP contribution in [0, 0.1) is 6.92 Å². The van der Waals surface area contributed by atoms with Gasteiger partial charge in [0.25, 0.3) is 5.91 Å². The van der Waals surface area contributed by atoms with Crippen LogP contribution in [0.1, 0.15) is 35.6 Å².